The minimum absolute atomic E-state index is 0.0419. The number of sulfonamides is 1. The van der Waals surface area contributed by atoms with Crippen molar-refractivity contribution in [2.24, 2.45) is 0 Å². The molecule has 6 heteroatoms. The zero-order chi connectivity index (χ0) is 13.2. The van der Waals surface area contributed by atoms with Gasteiger partial charge in [-0.25, -0.2) is 8.42 Å². The average molecular weight is 288 g/mol. The van der Waals surface area contributed by atoms with Gasteiger partial charge in [-0.05, 0) is 36.1 Å². The first-order valence-electron chi connectivity index (χ1n) is 5.77. The Morgan fingerprint density at radius 2 is 2.06 bits per heavy atom. The van der Waals surface area contributed by atoms with Crippen molar-refractivity contribution in [2.75, 3.05) is 16.6 Å². The minimum atomic E-state index is -3.35. The predicted molar refractivity (Wildman–Crippen MR) is 71.4 cm³/mol. The van der Waals surface area contributed by atoms with Gasteiger partial charge in [0.1, 0.15) is 0 Å². The average Bonchev–Trinajstić information content (AvgIpc) is 2.72. The van der Waals surface area contributed by atoms with E-state index < -0.39 is 15.3 Å². The Morgan fingerprint density at radius 3 is 2.78 bits per heavy atom. The van der Waals surface area contributed by atoms with E-state index in [1.165, 1.54) is 4.31 Å². The zero-order valence-corrected chi connectivity index (χ0v) is 11.4. The second kappa shape index (κ2) is 5.28. The van der Waals surface area contributed by atoms with Crippen LogP contribution in [0.5, 0.6) is 0 Å². The molecular formula is C12H14ClNO3S. The largest absolute Gasteiger partial charge is 0.281 e. The van der Waals surface area contributed by atoms with Gasteiger partial charge < -0.3 is 0 Å². The summed E-state index contributed by atoms with van der Waals surface area (Å²) in [5.74, 6) is -0.0419. The number of hydrogen-bond acceptors (Lipinski definition) is 3. The van der Waals surface area contributed by atoms with E-state index in [1.54, 1.807) is 0 Å². The van der Waals surface area contributed by atoms with Crippen LogP contribution < -0.4 is 4.31 Å². The number of carbonyl (C=O) groups is 1. The topological polar surface area (TPSA) is 54.5 Å². The zero-order valence-electron chi connectivity index (χ0n) is 9.80. The third-order valence-electron chi connectivity index (χ3n) is 2.96. The van der Waals surface area contributed by atoms with Crippen molar-refractivity contribution in [2.45, 2.75) is 19.3 Å². The summed E-state index contributed by atoms with van der Waals surface area (Å²) in [6.07, 6.45) is 1.10. The molecule has 0 amide bonds. The monoisotopic (exact) mass is 287 g/mol. The van der Waals surface area contributed by atoms with Crippen LogP contribution in [0.15, 0.2) is 24.3 Å². The normalized spacial score (nSPS) is 14.6. The Kier molecular flexibility index (Phi) is 3.92. The summed E-state index contributed by atoms with van der Waals surface area (Å²) < 4.78 is 25.7. The molecule has 0 atom stereocenters. The van der Waals surface area contributed by atoms with Crippen LogP contribution in [0.2, 0.25) is 0 Å². The van der Waals surface area contributed by atoms with E-state index in [0.29, 0.717) is 6.54 Å². The van der Waals surface area contributed by atoms with Gasteiger partial charge in [-0.3, -0.25) is 9.10 Å². The van der Waals surface area contributed by atoms with Crippen LogP contribution in [0.1, 0.15) is 18.4 Å². The molecule has 1 heterocycles. The quantitative estimate of drug-likeness (QED) is 0.778. The van der Waals surface area contributed by atoms with Gasteiger partial charge in [0.15, 0.2) is 0 Å². The van der Waals surface area contributed by atoms with E-state index in [4.69, 9.17) is 11.6 Å². The van der Waals surface area contributed by atoms with E-state index in [-0.39, 0.29) is 18.6 Å². The summed E-state index contributed by atoms with van der Waals surface area (Å²) >= 11 is 5.20. The van der Waals surface area contributed by atoms with Crippen LogP contribution >= 0.6 is 11.6 Å². The molecule has 0 fully saturated rings. The van der Waals surface area contributed by atoms with Crippen molar-refractivity contribution >= 4 is 32.6 Å². The molecule has 98 valence electrons. The second-order valence-electron chi connectivity index (χ2n) is 4.23. The highest BCUT2D eigenvalue weighted by Crippen LogP contribution is 2.30. The van der Waals surface area contributed by atoms with E-state index >= 15 is 0 Å². The number of nitrogens with zero attached hydrogens (tertiary/aromatic N) is 1. The van der Waals surface area contributed by atoms with Gasteiger partial charge in [-0.2, -0.15) is 0 Å². The number of halogens is 1. The smallest absolute Gasteiger partial charge is 0.235 e. The molecule has 0 N–H and O–H groups in total. The summed E-state index contributed by atoms with van der Waals surface area (Å²) in [7, 11) is -3.35. The van der Waals surface area contributed by atoms with Crippen LogP contribution in [0, 0.1) is 0 Å². The SMILES string of the molecule is O=C(Cl)CCCS(=O)(=O)N1CCc2ccccc21. The third kappa shape index (κ3) is 2.84. The van der Waals surface area contributed by atoms with Gasteiger partial charge in [0, 0.05) is 13.0 Å². The first-order chi connectivity index (χ1) is 8.50. The van der Waals surface area contributed by atoms with E-state index in [2.05, 4.69) is 0 Å². The van der Waals surface area contributed by atoms with Crippen LogP contribution in [0.4, 0.5) is 5.69 Å². The summed E-state index contributed by atoms with van der Waals surface area (Å²) in [5.41, 5.74) is 1.81. The predicted octanol–water partition coefficient (Wildman–Crippen LogP) is 1.92. The fraction of sp³-hybridized carbons (Fsp3) is 0.417. The molecular weight excluding hydrogens is 274 g/mol. The lowest BCUT2D eigenvalue weighted by molar-refractivity contribution is -0.111. The third-order valence-corrected chi connectivity index (χ3v) is 5.00. The molecule has 4 nitrogen and oxygen atoms in total. The van der Waals surface area contributed by atoms with E-state index in [1.807, 2.05) is 24.3 Å². The van der Waals surface area contributed by atoms with Crippen LogP contribution in [-0.4, -0.2) is 26.0 Å². The van der Waals surface area contributed by atoms with Gasteiger partial charge in [-0.15, -0.1) is 0 Å². The molecule has 1 aliphatic heterocycles. The highest BCUT2D eigenvalue weighted by molar-refractivity contribution is 7.92. The highest BCUT2D eigenvalue weighted by atomic mass is 35.5. The fourth-order valence-corrected chi connectivity index (χ4v) is 3.81. The fourth-order valence-electron chi connectivity index (χ4n) is 2.10. The Labute approximate surface area is 112 Å². The molecule has 0 radical (unpaired) electrons. The first kappa shape index (κ1) is 13.4. The van der Waals surface area contributed by atoms with E-state index in [0.717, 1.165) is 17.7 Å². The molecule has 0 aromatic heterocycles. The maximum absolute atomic E-state index is 12.1. The Hall–Kier alpha value is -1.07. The summed E-state index contributed by atoms with van der Waals surface area (Å²) in [6, 6.07) is 7.48. The first-order valence-corrected chi connectivity index (χ1v) is 7.76. The number of hydrogen-bond donors (Lipinski definition) is 0. The number of carbonyl (C=O) groups excluding carboxylic acids is 1. The van der Waals surface area contributed by atoms with E-state index in [9.17, 15) is 13.2 Å². The molecule has 2 rings (SSSR count). The summed E-state index contributed by atoms with van der Waals surface area (Å²) in [4.78, 5) is 10.6. The Balaban J connectivity index is 2.10. The number of rotatable bonds is 5. The molecule has 0 aliphatic carbocycles. The molecule has 0 saturated heterocycles. The lowest BCUT2D eigenvalue weighted by Gasteiger charge is -2.19. The number of benzene rings is 1. The molecule has 0 bridgehead atoms. The van der Waals surface area contributed by atoms with Gasteiger partial charge >= 0.3 is 0 Å². The molecule has 0 saturated carbocycles. The standard InChI is InChI=1S/C12H14ClNO3S/c13-12(15)6-3-9-18(16,17)14-8-7-10-4-1-2-5-11(10)14/h1-2,4-5H,3,6-9H2. The van der Waals surface area contributed by atoms with Crippen molar-refractivity contribution in [3.8, 4) is 0 Å². The second-order valence-corrected chi connectivity index (χ2v) is 6.66. The van der Waals surface area contributed by atoms with Crippen molar-refractivity contribution < 1.29 is 13.2 Å². The van der Waals surface area contributed by atoms with Crippen molar-refractivity contribution in [1.82, 2.24) is 0 Å². The molecule has 1 aliphatic rings. The molecule has 1 aromatic rings. The number of para-hydroxylation sites is 1. The van der Waals surface area contributed by atoms with Crippen molar-refractivity contribution in [1.29, 1.82) is 0 Å². The molecule has 0 spiro atoms. The van der Waals surface area contributed by atoms with Gasteiger partial charge in [0.05, 0.1) is 11.4 Å². The van der Waals surface area contributed by atoms with Gasteiger partial charge in [-0.1, -0.05) is 18.2 Å². The minimum Gasteiger partial charge on any atom is -0.281 e. The van der Waals surface area contributed by atoms with Crippen LogP contribution in [0.3, 0.4) is 0 Å². The van der Waals surface area contributed by atoms with Gasteiger partial charge in [0.25, 0.3) is 0 Å². The lowest BCUT2D eigenvalue weighted by Crippen LogP contribution is -2.31. The Morgan fingerprint density at radius 1 is 1.33 bits per heavy atom. The van der Waals surface area contributed by atoms with Gasteiger partial charge in [0.2, 0.25) is 15.3 Å². The summed E-state index contributed by atoms with van der Waals surface area (Å²) in [6.45, 7) is 0.483. The number of anilines is 1. The van der Waals surface area contributed by atoms with Crippen molar-refractivity contribution in [3.05, 3.63) is 29.8 Å². The summed E-state index contributed by atoms with van der Waals surface area (Å²) in [5, 5.41) is -0.493. The van der Waals surface area contributed by atoms with Crippen molar-refractivity contribution in [3.63, 3.8) is 0 Å². The molecule has 0 unspecified atom stereocenters. The maximum Gasteiger partial charge on any atom is 0.235 e. The number of fused-ring (bicyclic) bond motifs is 1. The highest BCUT2D eigenvalue weighted by Gasteiger charge is 2.28. The Bertz CT molecular complexity index is 556. The lowest BCUT2D eigenvalue weighted by atomic mass is 10.2. The molecule has 1 aromatic carbocycles. The maximum atomic E-state index is 12.1. The van der Waals surface area contributed by atoms with Crippen LogP contribution in [0.25, 0.3) is 0 Å². The van der Waals surface area contributed by atoms with Crippen LogP contribution in [-0.2, 0) is 21.2 Å². The molecule has 18 heavy (non-hydrogen) atoms.